The second-order valence-electron chi connectivity index (χ2n) is 7.91. The topological polar surface area (TPSA) is 73.3 Å². The third-order valence-corrected chi connectivity index (χ3v) is 5.30. The van der Waals surface area contributed by atoms with E-state index in [4.69, 9.17) is 16.2 Å². The van der Waals surface area contributed by atoms with Crippen molar-refractivity contribution in [1.29, 1.82) is 0 Å². The van der Waals surface area contributed by atoms with Gasteiger partial charge in [0.25, 0.3) is 0 Å². The van der Waals surface area contributed by atoms with Crippen molar-refractivity contribution in [3.8, 4) is 11.5 Å². The van der Waals surface area contributed by atoms with Crippen LogP contribution in [0.2, 0.25) is 0 Å². The maximum absolute atomic E-state index is 6.25. The van der Waals surface area contributed by atoms with Gasteiger partial charge in [-0.25, -0.2) is 0 Å². The van der Waals surface area contributed by atoms with Crippen molar-refractivity contribution in [2.24, 2.45) is 17.4 Å². The standard InChI is InChI=1S/C23H33N3O/c1-17(24)13-23(25)19-9-5-11-21(14-19)27-22-12-6-10-20(15-22)26-16-18-7-3-2-4-8-18/h5-6,9-12,14-15,17-18,23,26H,2-4,7-8,13,16,24-25H2,1H3. The molecular formula is C23H33N3O. The molecule has 0 radical (unpaired) electrons. The molecule has 2 aromatic rings. The highest BCUT2D eigenvalue weighted by molar-refractivity contribution is 5.49. The molecule has 2 atom stereocenters. The second-order valence-corrected chi connectivity index (χ2v) is 7.91. The van der Waals surface area contributed by atoms with Crippen molar-refractivity contribution in [1.82, 2.24) is 0 Å². The fraction of sp³-hybridized carbons (Fsp3) is 0.478. The maximum atomic E-state index is 6.25. The molecule has 27 heavy (non-hydrogen) atoms. The first kappa shape index (κ1) is 19.7. The monoisotopic (exact) mass is 367 g/mol. The smallest absolute Gasteiger partial charge is 0.129 e. The molecule has 1 aliphatic carbocycles. The lowest BCUT2D eigenvalue weighted by atomic mass is 9.89. The number of hydrogen-bond donors (Lipinski definition) is 3. The number of nitrogens with two attached hydrogens (primary N) is 2. The summed E-state index contributed by atoms with van der Waals surface area (Å²) in [5.41, 5.74) is 14.3. The van der Waals surface area contributed by atoms with Crippen LogP contribution >= 0.6 is 0 Å². The summed E-state index contributed by atoms with van der Waals surface area (Å²) < 4.78 is 6.08. The van der Waals surface area contributed by atoms with Gasteiger partial charge in [0.2, 0.25) is 0 Å². The molecule has 0 amide bonds. The Morgan fingerprint density at radius 1 is 1.00 bits per heavy atom. The largest absolute Gasteiger partial charge is 0.457 e. The van der Waals surface area contributed by atoms with Gasteiger partial charge in [0.05, 0.1) is 0 Å². The fourth-order valence-electron chi connectivity index (χ4n) is 3.80. The summed E-state index contributed by atoms with van der Waals surface area (Å²) in [5, 5.41) is 3.58. The summed E-state index contributed by atoms with van der Waals surface area (Å²) in [5.74, 6) is 2.44. The van der Waals surface area contributed by atoms with Gasteiger partial charge in [-0.1, -0.05) is 37.5 Å². The number of nitrogens with one attached hydrogen (secondary N) is 1. The van der Waals surface area contributed by atoms with Gasteiger partial charge in [-0.3, -0.25) is 0 Å². The summed E-state index contributed by atoms with van der Waals surface area (Å²) in [6, 6.07) is 16.2. The van der Waals surface area contributed by atoms with Crippen LogP contribution in [0.3, 0.4) is 0 Å². The van der Waals surface area contributed by atoms with E-state index in [0.717, 1.165) is 41.6 Å². The molecule has 2 aromatic carbocycles. The molecule has 5 N–H and O–H groups in total. The molecule has 1 saturated carbocycles. The van der Waals surface area contributed by atoms with E-state index in [-0.39, 0.29) is 12.1 Å². The quantitative estimate of drug-likeness (QED) is 0.599. The molecule has 0 spiro atoms. The summed E-state index contributed by atoms with van der Waals surface area (Å²) >= 11 is 0. The Labute approximate surface area is 163 Å². The Hall–Kier alpha value is -2.04. The van der Waals surface area contributed by atoms with Crippen LogP contribution in [-0.2, 0) is 0 Å². The lowest BCUT2D eigenvalue weighted by molar-refractivity contribution is 0.373. The van der Waals surface area contributed by atoms with Crippen LogP contribution in [0.1, 0.15) is 57.1 Å². The van der Waals surface area contributed by atoms with Crippen LogP contribution in [0.4, 0.5) is 5.69 Å². The Morgan fingerprint density at radius 3 is 2.44 bits per heavy atom. The molecule has 146 valence electrons. The van der Waals surface area contributed by atoms with Crippen molar-refractivity contribution < 1.29 is 4.74 Å². The van der Waals surface area contributed by atoms with Gasteiger partial charge in [-0.2, -0.15) is 0 Å². The average molecular weight is 368 g/mol. The summed E-state index contributed by atoms with van der Waals surface area (Å²) in [4.78, 5) is 0. The number of benzene rings is 2. The molecule has 0 bridgehead atoms. The molecule has 4 nitrogen and oxygen atoms in total. The summed E-state index contributed by atoms with van der Waals surface area (Å²) in [6.45, 7) is 3.02. The van der Waals surface area contributed by atoms with E-state index < -0.39 is 0 Å². The second kappa shape index (κ2) is 9.77. The minimum absolute atomic E-state index is 0.0722. The number of anilines is 1. The number of hydrogen-bond acceptors (Lipinski definition) is 4. The molecule has 2 unspecified atom stereocenters. The number of rotatable bonds is 8. The van der Waals surface area contributed by atoms with Gasteiger partial charge < -0.3 is 21.5 Å². The van der Waals surface area contributed by atoms with E-state index in [1.165, 1.54) is 32.1 Å². The van der Waals surface area contributed by atoms with Crippen LogP contribution < -0.4 is 21.5 Å². The van der Waals surface area contributed by atoms with Gasteiger partial charge in [0.15, 0.2) is 0 Å². The highest BCUT2D eigenvalue weighted by Crippen LogP contribution is 2.28. The Kier molecular flexibility index (Phi) is 7.13. The highest BCUT2D eigenvalue weighted by atomic mass is 16.5. The Morgan fingerprint density at radius 2 is 1.70 bits per heavy atom. The first-order valence-electron chi connectivity index (χ1n) is 10.2. The van der Waals surface area contributed by atoms with Gasteiger partial charge in [-0.15, -0.1) is 0 Å². The van der Waals surface area contributed by atoms with E-state index in [0.29, 0.717) is 0 Å². The van der Waals surface area contributed by atoms with Crippen molar-refractivity contribution in [2.45, 2.75) is 57.5 Å². The first-order valence-corrected chi connectivity index (χ1v) is 10.2. The lowest BCUT2D eigenvalue weighted by Gasteiger charge is -2.22. The highest BCUT2D eigenvalue weighted by Gasteiger charge is 2.13. The molecule has 3 rings (SSSR count). The third kappa shape index (κ3) is 6.26. The van der Waals surface area contributed by atoms with Crippen LogP contribution in [0.5, 0.6) is 11.5 Å². The molecule has 4 heteroatoms. The minimum atomic E-state index is -0.0722. The van der Waals surface area contributed by atoms with Crippen LogP contribution in [0.15, 0.2) is 48.5 Å². The van der Waals surface area contributed by atoms with Gasteiger partial charge in [0.1, 0.15) is 11.5 Å². The molecule has 0 aliphatic heterocycles. The zero-order chi connectivity index (χ0) is 19.1. The van der Waals surface area contributed by atoms with Gasteiger partial charge in [-0.05, 0) is 61.9 Å². The molecule has 0 aromatic heterocycles. The molecule has 1 aliphatic rings. The van der Waals surface area contributed by atoms with E-state index in [1.807, 2.05) is 43.3 Å². The van der Waals surface area contributed by atoms with E-state index in [2.05, 4.69) is 17.4 Å². The van der Waals surface area contributed by atoms with Crippen molar-refractivity contribution in [3.63, 3.8) is 0 Å². The average Bonchev–Trinajstić information content (AvgIpc) is 2.67. The molecule has 1 fully saturated rings. The molecule has 0 heterocycles. The fourth-order valence-corrected chi connectivity index (χ4v) is 3.80. The third-order valence-electron chi connectivity index (χ3n) is 5.30. The zero-order valence-corrected chi connectivity index (χ0v) is 16.4. The van der Waals surface area contributed by atoms with Crippen LogP contribution in [-0.4, -0.2) is 12.6 Å². The zero-order valence-electron chi connectivity index (χ0n) is 16.4. The van der Waals surface area contributed by atoms with E-state index in [1.54, 1.807) is 0 Å². The first-order chi connectivity index (χ1) is 13.1. The predicted molar refractivity (Wildman–Crippen MR) is 113 cm³/mol. The van der Waals surface area contributed by atoms with E-state index in [9.17, 15) is 0 Å². The predicted octanol–water partition coefficient (Wildman–Crippen LogP) is 5.21. The normalized spacial score (nSPS) is 17.3. The maximum Gasteiger partial charge on any atom is 0.129 e. The SMILES string of the molecule is CC(N)CC(N)c1cccc(Oc2cccc(NCC3CCCCC3)c2)c1. The van der Waals surface area contributed by atoms with Crippen LogP contribution in [0, 0.1) is 5.92 Å². The minimum Gasteiger partial charge on any atom is -0.457 e. The van der Waals surface area contributed by atoms with Gasteiger partial charge in [0, 0.05) is 30.4 Å². The van der Waals surface area contributed by atoms with Crippen molar-refractivity contribution in [2.75, 3.05) is 11.9 Å². The Bertz CT molecular complexity index is 710. The number of ether oxygens (including phenoxy) is 1. The molecular weight excluding hydrogens is 334 g/mol. The summed E-state index contributed by atoms with van der Waals surface area (Å²) in [6.07, 6.45) is 7.58. The lowest BCUT2D eigenvalue weighted by Crippen LogP contribution is -2.23. The molecule has 0 saturated heterocycles. The van der Waals surface area contributed by atoms with E-state index >= 15 is 0 Å². The van der Waals surface area contributed by atoms with Crippen molar-refractivity contribution in [3.05, 3.63) is 54.1 Å². The van der Waals surface area contributed by atoms with Crippen molar-refractivity contribution >= 4 is 5.69 Å². The van der Waals surface area contributed by atoms with Crippen LogP contribution in [0.25, 0.3) is 0 Å². The summed E-state index contributed by atoms with van der Waals surface area (Å²) in [7, 11) is 0. The Balaban J connectivity index is 1.60. The van der Waals surface area contributed by atoms with Gasteiger partial charge >= 0.3 is 0 Å².